The summed E-state index contributed by atoms with van der Waals surface area (Å²) >= 11 is 0. The zero-order valence-electron chi connectivity index (χ0n) is 22.6. The van der Waals surface area contributed by atoms with Crippen molar-refractivity contribution < 1.29 is 19.1 Å². The summed E-state index contributed by atoms with van der Waals surface area (Å²) in [5, 5.41) is 6.28. The predicted octanol–water partition coefficient (Wildman–Crippen LogP) is 3.26. The Bertz CT molecular complexity index is 1090. The summed E-state index contributed by atoms with van der Waals surface area (Å²) in [6.07, 6.45) is 3.49. The van der Waals surface area contributed by atoms with E-state index >= 15 is 0 Å². The molecule has 0 aliphatic carbocycles. The Kier molecular flexibility index (Phi) is 9.23. The van der Waals surface area contributed by atoms with E-state index in [9.17, 15) is 14.4 Å². The van der Waals surface area contributed by atoms with Crippen molar-refractivity contribution in [3.05, 3.63) is 65.7 Å². The number of hydrazine groups is 1. The molecule has 204 valence electrons. The van der Waals surface area contributed by atoms with Gasteiger partial charge < -0.3 is 19.9 Å². The van der Waals surface area contributed by atoms with Gasteiger partial charge in [-0.1, -0.05) is 62.2 Å². The van der Waals surface area contributed by atoms with Gasteiger partial charge in [0.1, 0.15) is 18.0 Å². The molecule has 0 saturated carbocycles. The molecular weight excluding hydrogens is 482 g/mol. The van der Waals surface area contributed by atoms with Gasteiger partial charge in [-0.25, -0.2) is 14.8 Å². The second kappa shape index (κ2) is 12.8. The van der Waals surface area contributed by atoms with Gasteiger partial charge in [0.2, 0.25) is 11.8 Å². The van der Waals surface area contributed by atoms with Crippen molar-refractivity contribution in [2.75, 3.05) is 33.8 Å². The maximum absolute atomic E-state index is 13.6. The van der Waals surface area contributed by atoms with Crippen molar-refractivity contribution in [2.24, 2.45) is 0 Å². The lowest BCUT2D eigenvalue weighted by Crippen LogP contribution is -2.76. The van der Waals surface area contributed by atoms with Gasteiger partial charge in [0.15, 0.2) is 0 Å². The van der Waals surface area contributed by atoms with E-state index in [-0.39, 0.29) is 24.4 Å². The van der Waals surface area contributed by atoms with E-state index in [1.807, 2.05) is 47.4 Å². The molecule has 2 aliphatic heterocycles. The van der Waals surface area contributed by atoms with Crippen LogP contribution in [0.25, 0.3) is 0 Å². The van der Waals surface area contributed by atoms with Crippen molar-refractivity contribution in [1.82, 2.24) is 25.1 Å². The molecule has 38 heavy (non-hydrogen) atoms. The average molecular weight is 522 g/mol. The molecule has 9 nitrogen and oxygen atoms in total. The highest BCUT2D eigenvalue weighted by atomic mass is 16.5. The fraction of sp³-hybridized carbons (Fsp3) is 0.483. The predicted molar refractivity (Wildman–Crippen MR) is 145 cm³/mol. The summed E-state index contributed by atoms with van der Waals surface area (Å²) < 4.78 is 5.21. The van der Waals surface area contributed by atoms with Crippen molar-refractivity contribution >= 4 is 17.8 Å². The van der Waals surface area contributed by atoms with Gasteiger partial charge >= 0.3 is 6.03 Å². The molecule has 4 amide bonds. The van der Waals surface area contributed by atoms with E-state index < -0.39 is 12.2 Å². The minimum Gasteiger partial charge on any atom is -0.497 e. The van der Waals surface area contributed by atoms with Crippen molar-refractivity contribution in [3.8, 4) is 5.75 Å². The van der Waals surface area contributed by atoms with Crippen LogP contribution < -0.4 is 10.1 Å². The Morgan fingerprint density at radius 1 is 1.03 bits per heavy atom. The third-order valence-electron chi connectivity index (χ3n) is 7.32. The lowest BCUT2D eigenvalue weighted by molar-refractivity contribution is -0.187. The maximum Gasteiger partial charge on any atom is 0.334 e. The first kappa shape index (κ1) is 27.4. The minimum absolute atomic E-state index is 0.0146. The molecule has 2 fully saturated rings. The summed E-state index contributed by atoms with van der Waals surface area (Å²) in [4.78, 5) is 43.8. The van der Waals surface area contributed by atoms with E-state index in [0.717, 1.165) is 37.0 Å². The topological polar surface area (TPSA) is 85.4 Å². The van der Waals surface area contributed by atoms with Crippen molar-refractivity contribution in [1.29, 1.82) is 0 Å². The molecule has 2 heterocycles. The first-order valence-corrected chi connectivity index (χ1v) is 13.5. The zero-order chi connectivity index (χ0) is 27.1. The fourth-order valence-corrected chi connectivity index (χ4v) is 5.30. The Labute approximate surface area is 225 Å². The van der Waals surface area contributed by atoms with E-state index in [4.69, 9.17) is 4.74 Å². The molecule has 0 bridgehead atoms. The number of hydrogen-bond acceptors (Lipinski definition) is 5. The fourth-order valence-electron chi connectivity index (χ4n) is 5.30. The van der Waals surface area contributed by atoms with Crippen molar-refractivity contribution in [2.45, 2.75) is 57.8 Å². The molecule has 0 spiro atoms. The lowest BCUT2D eigenvalue weighted by atomic mass is 10.0. The van der Waals surface area contributed by atoms with Gasteiger partial charge in [-0.15, -0.1) is 0 Å². The van der Waals surface area contributed by atoms with Gasteiger partial charge in [0.05, 0.1) is 20.2 Å². The van der Waals surface area contributed by atoms with Gasteiger partial charge in [0, 0.05) is 20.1 Å². The van der Waals surface area contributed by atoms with E-state index in [1.165, 1.54) is 5.56 Å². The number of carbonyl (C=O) groups is 3. The molecule has 2 aromatic carbocycles. The molecule has 9 heteroatoms. The average Bonchev–Trinajstić information content (AvgIpc) is 2.92. The number of ether oxygens (including phenoxy) is 1. The van der Waals surface area contributed by atoms with Crippen LogP contribution in [-0.4, -0.2) is 83.7 Å². The Morgan fingerprint density at radius 2 is 1.76 bits per heavy atom. The number of piperazine rings is 1. The van der Waals surface area contributed by atoms with E-state index in [0.29, 0.717) is 26.1 Å². The summed E-state index contributed by atoms with van der Waals surface area (Å²) in [6, 6.07) is 16.9. The lowest BCUT2D eigenvalue weighted by Gasteiger charge is -2.54. The third kappa shape index (κ3) is 6.27. The first-order valence-electron chi connectivity index (χ1n) is 13.5. The van der Waals surface area contributed by atoms with E-state index in [1.54, 1.807) is 29.1 Å². The molecule has 2 aromatic rings. The highest BCUT2D eigenvalue weighted by Crippen LogP contribution is 2.28. The van der Waals surface area contributed by atoms with Gasteiger partial charge in [0.25, 0.3) is 0 Å². The number of nitrogens with one attached hydrogen (secondary N) is 1. The molecule has 2 aliphatic rings. The SMILES string of the molecule is CCCC[C@H]1C(=O)N(CCCc2ccccc2)C[C@H]2N1C(=O)CN(C)N2C(=O)NCc1ccc(OC)cc1. The van der Waals surface area contributed by atoms with Crippen LogP contribution in [0, 0.1) is 0 Å². The number of aryl methyl sites for hydroxylation is 1. The number of nitrogens with zero attached hydrogens (tertiary/aromatic N) is 4. The van der Waals surface area contributed by atoms with Crippen LogP contribution in [0.4, 0.5) is 4.79 Å². The molecule has 2 saturated heterocycles. The van der Waals surface area contributed by atoms with Crippen LogP contribution in [0.1, 0.15) is 43.7 Å². The standard InChI is InChI=1S/C29H39N5O4/c1-4-5-13-25-28(36)32(18-9-12-22-10-7-6-8-11-22)20-26-33(25)27(35)21-31(2)34(26)29(37)30-19-23-14-16-24(38-3)17-15-23/h6-8,10-11,14-17,25-26H,4-5,9,12-13,18-21H2,1-3H3,(H,30,37)/t25-,26-/m0/s1. The number of urea groups is 1. The second-order valence-corrected chi connectivity index (χ2v) is 9.98. The Balaban J connectivity index is 1.50. The highest BCUT2D eigenvalue weighted by molar-refractivity contribution is 5.91. The molecule has 0 unspecified atom stereocenters. The smallest absolute Gasteiger partial charge is 0.334 e. The third-order valence-corrected chi connectivity index (χ3v) is 7.32. The van der Waals surface area contributed by atoms with Crippen LogP contribution in [0.5, 0.6) is 5.75 Å². The first-order chi connectivity index (χ1) is 18.4. The largest absolute Gasteiger partial charge is 0.497 e. The van der Waals surface area contributed by atoms with Gasteiger partial charge in [-0.3, -0.25) is 9.59 Å². The van der Waals surface area contributed by atoms with Crippen LogP contribution in [0.2, 0.25) is 0 Å². The number of hydrogen-bond donors (Lipinski definition) is 1. The normalized spacial score (nSPS) is 19.9. The van der Waals surface area contributed by atoms with Crippen LogP contribution >= 0.6 is 0 Å². The molecule has 4 rings (SSSR count). The van der Waals surface area contributed by atoms with Gasteiger partial charge in [-0.05, 0) is 42.5 Å². The molecular formula is C29H39N5O4. The number of methoxy groups -OCH3 is 1. The summed E-state index contributed by atoms with van der Waals surface area (Å²) in [7, 11) is 3.36. The molecule has 0 aromatic heterocycles. The Morgan fingerprint density at radius 3 is 2.45 bits per heavy atom. The summed E-state index contributed by atoms with van der Waals surface area (Å²) in [6.45, 7) is 3.35. The molecule has 0 radical (unpaired) electrons. The van der Waals surface area contributed by atoms with Crippen LogP contribution in [0.15, 0.2) is 54.6 Å². The number of amides is 4. The van der Waals surface area contributed by atoms with Gasteiger partial charge in [-0.2, -0.15) is 0 Å². The zero-order valence-corrected chi connectivity index (χ0v) is 22.6. The molecule has 1 N–H and O–H groups in total. The van der Waals surface area contributed by atoms with E-state index in [2.05, 4.69) is 24.4 Å². The minimum atomic E-state index is -0.552. The maximum atomic E-state index is 13.6. The quantitative estimate of drug-likeness (QED) is 0.519. The Hall–Kier alpha value is -3.59. The van der Waals surface area contributed by atoms with Crippen LogP contribution in [-0.2, 0) is 22.6 Å². The highest BCUT2D eigenvalue weighted by Gasteiger charge is 2.50. The molecule has 2 atom stereocenters. The summed E-state index contributed by atoms with van der Waals surface area (Å²) in [5.41, 5.74) is 2.17. The number of fused-ring (bicyclic) bond motifs is 1. The van der Waals surface area contributed by atoms with Crippen LogP contribution in [0.3, 0.4) is 0 Å². The number of likely N-dealkylation sites (N-methyl/N-ethyl adjacent to an activating group) is 1. The van der Waals surface area contributed by atoms with Crippen molar-refractivity contribution in [3.63, 3.8) is 0 Å². The summed E-state index contributed by atoms with van der Waals surface area (Å²) in [5.74, 6) is 0.622. The number of carbonyl (C=O) groups excluding carboxylic acids is 3. The number of rotatable bonds is 10. The number of unbranched alkanes of at least 4 members (excludes halogenated alkanes) is 1. The monoisotopic (exact) mass is 521 g/mol. The second-order valence-electron chi connectivity index (χ2n) is 9.98. The number of benzene rings is 2.